The second-order valence-corrected chi connectivity index (χ2v) is 6.86. The maximum absolute atomic E-state index is 11.9. The van der Waals surface area contributed by atoms with E-state index in [1.165, 1.54) is 0 Å². The van der Waals surface area contributed by atoms with Crippen LogP contribution < -0.4 is 0 Å². The van der Waals surface area contributed by atoms with Gasteiger partial charge in [-0.15, -0.1) is 0 Å². The fourth-order valence-electron chi connectivity index (χ4n) is 2.05. The van der Waals surface area contributed by atoms with Gasteiger partial charge >= 0.3 is 5.97 Å². The summed E-state index contributed by atoms with van der Waals surface area (Å²) in [6.07, 6.45) is 0.779. The van der Waals surface area contributed by atoms with Crippen LogP contribution in [0.4, 0.5) is 0 Å². The molecule has 1 atom stereocenters. The Morgan fingerprint density at radius 2 is 1.44 bits per heavy atom. The lowest BCUT2D eigenvalue weighted by atomic mass is 9.74. The summed E-state index contributed by atoms with van der Waals surface area (Å²) in [5.74, 6) is -0.0791. The van der Waals surface area contributed by atoms with Crippen molar-refractivity contribution in [2.45, 2.75) is 67.9 Å². The van der Waals surface area contributed by atoms with Crippen molar-refractivity contribution in [2.75, 3.05) is 0 Å². The van der Waals surface area contributed by atoms with Gasteiger partial charge in [0.15, 0.2) is 0 Å². The summed E-state index contributed by atoms with van der Waals surface area (Å²) < 4.78 is 5.69. The molecule has 0 saturated heterocycles. The summed E-state index contributed by atoms with van der Waals surface area (Å²) in [5.41, 5.74) is -0.0528. The van der Waals surface area contributed by atoms with Crippen molar-refractivity contribution in [1.29, 1.82) is 0 Å². The van der Waals surface area contributed by atoms with E-state index in [2.05, 4.69) is 41.5 Å². The summed E-state index contributed by atoms with van der Waals surface area (Å²) in [4.78, 5) is 11.9. The molecule has 0 aliphatic carbocycles. The second-order valence-electron chi connectivity index (χ2n) is 6.86. The average molecular weight is 228 g/mol. The van der Waals surface area contributed by atoms with Crippen molar-refractivity contribution in [2.24, 2.45) is 16.7 Å². The van der Waals surface area contributed by atoms with Crippen molar-refractivity contribution >= 4 is 5.97 Å². The molecule has 0 aliphatic heterocycles. The largest absolute Gasteiger partial charge is 0.461 e. The number of esters is 1. The molecule has 96 valence electrons. The first-order chi connectivity index (χ1) is 7.00. The molecule has 0 saturated carbocycles. The van der Waals surface area contributed by atoms with E-state index in [4.69, 9.17) is 4.74 Å². The number of ether oxygens (including phenoxy) is 1. The molecule has 0 radical (unpaired) electrons. The van der Waals surface area contributed by atoms with Gasteiger partial charge < -0.3 is 4.74 Å². The highest BCUT2D eigenvalue weighted by molar-refractivity contribution is 5.72. The third-order valence-electron chi connectivity index (χ3n) is 2.82. The first kappa shape index (κ1) is 15.5. The molecule has 0 N–H and O–H groups in total. The standard InChI is InChI=1S/C14H28O2/c1-9-10(2)11(15)16-12(13(3,4)5)14(6,7)8/h10,12H,9H2,1-8H3. The maximum atomic E-state index is 11.9. The molecule has 0 aliphatic rings. The van der Waals surface area contributed by atoms with Crippen LogP contribution in [-0.4, -0.2) is 12.1 Å². The van der Waals surface area contributed by atoms with E-state index in [-0.39, 0.29) is 28.8 Å². The zero-order valence-corrected chi connectivity index (χ0v) is 12.2. The fourth-order valence-corrected chi connectivity index (χ4v) is 2.05. The first-order valence-corrected chi connectivity index (χ1v) is 6.20. The lowest BCUT2D eigenvalue weighted by molar-refractivity contribution is -0.168. The Balaban J connectivity index is 4.78. The third kappa shape index (κ3) is 4.54. The van der Waals surface area contributed by atoms with E-state index < -0.39 is 0 Å². The highest BCUT2D eigenvalue weighted by Gasteiger charge is 2.38. The van der Waals surface area contributed by atoms with Crippen LogP contribution in [0.2, 0.25) is 0 Å². The predicted molar refractivity (Wildman–Crippen MR) is 68.2 cm³/mol. The molecule has 0 amide bonds. The van der Waals surface area contributed by atoms with Crippen LogP contribution >= 0.6 is 0 Å². The molecule has 0 aromatic rings. The topological polar surface area (TPSA) is 26.3 Å². The van der Waals surface area contributed by atoms with Crippen LogP contribution in [0.5, 0.6) is 0 Å². The summed E-state index contributed by atoms with van der Waals surface area (Å²) in [6.45, 7) is 16.6. The minimum absolute atomic E-state index is 0.00722. The molecular formula is C14H28O2. The van der Waals surface area contributed by atoms with Crippen LogP contribution in [0.3, 0.4) is 0 Å². The van der Waals surface area contributed by atoms with Gasteiger partial charge in [-0.3, -0.25) is 4.79 Å². The number of carbonyl (C=O) groups is 1. The number of hydrogen-bond acceptors (Lipinski definition) is 2. The van der Waals surface area contributed by atoms with Crippen molar-refractivity contribution in [3.05, 3.63) is 0 Å². The van der Waals surface area contributed by atoms with Gasteiger partial charge in [-0.25, -0.2) is 0 Å². The second kappa shape index (κ2) is 5.20. The molecule has 2 nitrogen and oxygen atoms in total. The Hall–Kier alpha value is -0.530. The van der Waals surface area contributed by atoms with Gasteiger partial charge in [-0.05, 0) is 17.3 Å². The summed E-state index contributed by atoms with van der Waals surface area (Å²) in [5, 5.41) is 0. The zero-order valence-electron chi connectivity index (χ0n) is 12.2. The summed E-state index contributed by atoms with van der Waals surface area (Å²) in [7, 11) is 0. The molecule has 16 heavy (non-hydrogen) atoms. The van der Waals surface area contributed by atoms with Crippen LogP contribution in [-0.2, 0) is 9.53 Å². The average Bonchev–Trinajstić information content (AvgIpc) is 2.08. The summed E-state index contributed by atoms with van der Waals surface area (Å²) >= 11 is 0. The number of rotatable bonds is 3. The van der Waals surface area contributed by atoms with Gasteiger partial charge in [0.1, 0.15) is 6.10 Å². The van der Waals surface area contributed by atoms with Crippen LogP contribution in [0.25, 0.3) is 0 Å². The molecule has 0 aromatic carbocycles. The van der Waals surface area contributed by atoms with Crippen molar-refractivity contribution < 1.29 is 9.53 Å². The van der Waals surface area contributed by atoms with Crippen molar-refractivity contribution in [1.82, 2.24) is 0 Å². The number of hydrogen-bond donors (Lipinski definition) is 0. The Bertz CT molecular complexity index is 216. The van der Waals surface area contributed by atoms with Gasteiger partial charge in [0, 0.05) is 0 Å². The van der Waals surface area contributed by atoms with Gasteiger partial charge in [-0.2, -0.15) is 0 Å². The molecule has 0 rings (SSSR count). The Labute approximate surface area is 101 Å². The highest BCUT2D eigenvalue weighted by Crippen LogP contribution is 2.36. The SMILES string of the molecule is CCC(C)C(=O)OC(C(C)(C)C)C(C)(C)C. The van der Waals surface area contributed by atoms with Gasteiger partial charge in [-0.1, -0.05) is 55.4 Å². The highest BCUT2D eigenvalue weighted by atomic mass is 16.5. The lowest BCUT2D eigenvalue weighted by Gasteiger charge is -2.40. The van der Waals surface area contributed by atoms with Crippen LogP contribution in [0.15, 0.2) is 0 Å². The Kier molecular flexibility index (Phi) is 5.03. The fraction of sp³-hybridized carbons (Fsp3) is 0.929. The zero-order chi connectivity index (χ0) is 13.1. The van der Waals surface area contributed by atoms with E-state index in [1.807, 2.05) is 13.8 Å². The van der Waals surface area contributed by atoms with E-state index >= 15 is 0 Å². The molecule has 0 fully saturated rings. The maximum Gasteiger partial charge on any atom is 0.308 e. The molecule has 0 heterocycles. The van der Waals surface area contributed by atoms with E-state index in [1.54, 1.807) is 0 Å². The molecule has 0 spiro atoms. The normalized spacial score (nSPS) is 15.1. The third-order valence-corrected chi connectivity index (χ3v) is 2.82. The minimum Gasteiger partial charge on any atom is -0.461 e. The first-order valence-electron chi connectivity index (χ1n) is 6.20. The molecule has 0 aromatic heterocycles. The van der Waals surface area contributed by atoms with Crippen molar-refractivity contribution in [3.8, 4) is 0 Å². The van der Waals surface area contributed by atoms with Crippen molar-refractivity contribution in [3.63, 3.8) is 0 Å². The quantitative estimate of drug-likeness (QED) is 0.681. The molecular weight excluding hydrogens is 200 g/mol. The molecule has 2 heteroatoms. The van der Waals surface area contributed by atoms with Gasteiger partial charge in [0.2, 0.25) is 0 Å². The van der Waals surface area contributed by atoms with Crippen LogP contribution in [0.1, 0.15) is 61.8 Å². The number of carbonyl (C=O) groups excluding carboxylic acids is 1. The van der Waals surface area contributed by atoms with E-state index in [0.29, 0.717) is 0 Å². The Morgan fingerprint density at radius 1 is 1.06 bits per heavy atom. The monoisotopic (exact) mass is 228 g/mol. The predicted octanol–water partition coefficient (Wildman–Crippen LogP) is 4.04. The smallest absolute Gasteiger partial charge is 0.308 e. The Morgan fingerprint density at radius 3 is 1.69 bits per heavy atom. The van der Waals surface area contributed by atoms with E-state index in [9.17, 15) is 4.79 Å². The summed E-state index contributed by atoms with van der Waals surface area (Å²) in [6, 6.07) is 0. The minimum atomic E-state index is -0.0719. The molecule has 1 unspecified atom stereocenters. The van der Waals surface area contributed by atoms with E-state index in [0.717, 1.165) is 6.42 Å². The molecule has 0 bridgehead atoms. The van der Waals surface area contributed by atoms with Gasteiger partial charge in [0.05, 0.1) is 5.92 Å². The van der Waals surface area contributed by atoms with Gasteiger partial charge in [0.25, 0.3) is 0 Å². The van der Waals surface area contributed by atoms with Crippen LogP contribution in [0, 0.1) is 16.7 Å². The lowest BCUT2D eigenvalue weighted by Crippen LogP contribution is -2.42.